The molecule has 3 heteroatoms. The van der Waals surface area contributed by atoms with E-state index < -0.39 is 0 Å². The molecule has 1 N–H and O–H groups in total. The molecule has 3 atom stereocenters. The van der Waals surface area contributed by atoms with Crippen LogP contribution in [0.4, 0.5) is 0 Å². The van der Waals surface area contributed by atoms with Gasteiger partial charge in [0, 0.05) is 0 Å². The molecule has 0 aliphatic carbocycles. The molecule has 0 aromatic carbocycles. The molecular weight excluding hydrogens is 142 g/mol. The number of ether oxygens (including phenoxy) is 2. The summed E-state index contributed by atoms with van der Waals surface area (Å²) in [7, 11) is 1.56. The third-order valence-electron chi connectivity index (χ3n) is 2.66. The molecule has 3 unspecified atom stereocenters. The van der Waals surface area contributed by atoms with Gasteiger partial charge < -0.3 is 9.47 Å². The maximum Gasteiger partial charge on any atom is 0.186 e. The van der Waals surface area contributed by atoms with Crippen LogP contribution in [0.15, 0.2) is 0 Å². The highest BCUT2D eigenvalue weighted by atomic mass is 16.5. The van der Waals surface area contributed by atoms with Gasteiger partial charge >= 0.3 is 0 Å². The standard InChI is InChI=1S/C8H13NO2/c1-10-8(9)6-4-5-2-3-7(6)11-5/h5-7,9H,2-4H2,1H3. The van der Waals surface area contributed by atoms with E-state index in [0.717, 1.165) is 12.8 Å². The molecule has 0 saturated carbocycles. The number of hydrogen-bond donors (Lipinski definition) is 1. The van der Waals surface area contributed by atoms with Crippen LogP contribution < -0.4 is 0 Å². The summed E-state index contributed by atoms with van der Waals surface area (Å²) >= 11 is 0. The van der Waals surface area contributed by atoms with Crippen LogP contribution >= 0.6 is 0 Å². The van der Waals surface area contributed by atoms with E-state index in [4.69, 9.17) is 14.9 Å². The minimum Gasteiger partial charge on any atom is -0.484 e. The minimum atomic E-state index is 0.249. The van der Waals surface area contributed by atoms with Crippen molar-refractivity contribution < 1.29 is 9.47 Å². The Morgan fingerprint density at radius 3 is 2.82 bits per heavy atom. The Kier molecular flexibility index (Phi) is 1.60. The Bertz CT molecular complexity index is 181. The van der Waals surface area contributed by atoms with Crippen molar-refractivity contribution >= 4 is 5.90 Å². The fourth-order valence-corrected chi connectivity index (χ4v) is 2.07. The van der Waals surface area contributed by atoms with Crippen molar-refractivity contribution in [1.82, 2.24) is 0 Å². The summed E-state index contributed by atoms with van der Waals surface area (Å²) < 4.78 is 10.5. The van der Waals surface area contributed by atoms with Crippen LogP contribution in [0.2, 0.25) is 0 Å². The van der Waals surface area contributed by atoms with Gasteiger partial charge in [-0.25, -0.2) is 0 Å². The van der Waals surface area contributed by atoms with E-state index in [1.807, 2.05) is 0 Å². The molecule has 2 rings (SSSR count). The molecule has 0 aromatic heterocycles. The summed E-state index contributed by atoms with van der Waals surface area (Å²) in [6, 6.07) is 0. The largest absolute Gasteiger partial charge is 0.484 e. The van der Waals surface area contributed by atoms with E-state index in [2.05, 4.69) is 0 Å². The number of hydrogen-bond acceptors (Lipinski definition) is 3. The van der Waals surface area contributed by atoms with E-state index in [1.54, 1.807) is 7.11 Å². The summed E-state index contributed by atoms with van der Waals surface area (Å²) in [6.45, 7) is 0. The van der Waals surface area contributed by atoms with Crippen molar-refractivity contribution in [2.75, 3.05) is 7.11 Å². The lowest BCUT2D eigenvalue weighted by Crippen LogP contribution is -2.25. The summed E-state index contributed by atoms with van der Waals surface area (Å²) in [6.07, 6.45) is 3.99. The molecule has 0 radical (unpaired) electrons. The second-order valence-electron chi connectivity index (χ2n) is 3.28. The first kappa shape index (κ1) is 7.10. The Hall–Kier alpha value is -0.570. The third-order valence-corrected chi connectivity index (χ3v) is 2.66. The second-order valence-corrected chi connectivity index (χ2v) is 3.28. The highest BCUT2D eigenvalue weighted by Gasteiger charge is 2.43. The smallest absolute Gasteiger partial charge is 0.186 e. The Balaban J connectivity index is 2.02. The first-order valence-corrected chi connectivity index (χ1v) is 4.09. The van der Waals surface area contributed by atoms with Crippen LogP contribution in [0, 0.1) is 11.3 Å². The fraction of sp³-hybridized carbons (Fsp3) is 0.875. The van der Waals surface area contributed by atoms with Gasteiger partial charge in [-0.1, -0.05) is 0 Å². The second kappa shape index (κ2) is 2.48. The SMILES string of the molecule is COC(=N)C1CC2CCC1O2. The van der Waals surface area contributed by atoms with E-state index in [0.29, 0.717) is 12.0 Å². The zero-order valence-electron chi connectivity index (χ0n) is 6.67. The van der Waals surface area contributed by atoms with Gasteiger partial charge in [-0.3, -0.25) is 5.41 Å². The lowest BCUT2D eigenvalue weighted by atomic mass is 9.89. The summed E-state index contributed by atoms with van der Waals surface area (Å²) in [5, 5.41) is 7.49. The van der Waals surface area contributed by atoms with Crippen LogP contribution in [-0.2, 0) is 9.47 Å². The highest BCUT2D eigenvalue weighted by molar-refractivity contribution is 5.76. The Labute approximate surface area is 66.2 Å². The topological polar surface area (TPSA) is 42.3 Å². The zero-order valence-corrected chi connectivity index (χ0v) is 6.67. The van der Waals surface area contributed by atoms with Crippen molar-refractivity contribution in [2.45, 2.75) is 31.5 Å². The van der Waals surface area contributed by atoms with Gasteiger partial charge in [-0.15, -0.1) is 0 Å². The van der Waals surface area contributed by atoms with Gasteiger partial charge in [-0.2, -0.15) is 0 Å². The minimum absolute atomic E-state index is 0.249. The fourth-order valence-electron chi connectivity index (χ4n) is 2.07. The number of fused-ring (bicyclic) bond motifs is 2. The number of rotatable bonds is 1. The predicted molar refractivity (Wildman–Crippen MR) is 40.7 cm³/mol. The molecule has 2 bridgehead atoms. The molecule has 62 valence electrons. The van der Waals surface area contributed by atoms with Crippen molar-refractivity contribution in [2.24, 2.45) is 5.92 Å². The summed E-state index contributed by atoms with van der Waals surface area (Å²) in [5.41, 5.74) is 0. The molecule has 2 fully saturated rings. The molecule has 2 aliphatic heterocycles. The maximum absolute atomic E-state index is 7.49. The first-order chi connectivity index (χ1) is 5.31. The van der Waals surface area contributed by atoms with Crippen LogP contribution in [0.3, 0.4) is 0 Å². The normalized spacial score (nSPS) is 41.0. The maximum atomic E-state index is 7.49. The van der Waals surface area contributed by atoms with E-state index in [9.17, 15) is 0 Å². The van der Waals surface area contributed by atoms with Gasteiger partial charge in [0.2, 0.25) is 0 Å². The average Bonchev–Trinajstić information content (AvgIpc) is 2.62. The van der Waals surface area contributed by atoms with Crippen molar-refractivity contribution in [3.63, 3.8) is 0 Å². The molecule has 2 aliphatic rings. The highest BCUT2D eigenvalue weighted by Crippen LogP contribution is 2.39. The molecule has 2 saturated heterocycles. The molecule has 0 aromatic rings. The average molecular weight is 155 g/mol. The summed E-state index contributed by atoms with van der Waals surface area (Å²) in [5.74, 6) is 0.649. The lowest BCUT2D eigenvalue weighted by Gasteiger charge is -2.17. The van der Waals surface area contributed by atoms with Gasteiger partial charge in [-0.05, 0) is 19.3 Å². The van der Waals surface area contributed by atoms with Crippen molar-refractivity contribution in [3.8, 4) is 0 Å². The Morgan fingerprint density at radius 1 is 1.55 bits per heavy atom. The molecule has 3 nitrogen and oxygen atoms in total. The van der Waals surface area contributed by atoms with Crippen LogP contribution in [0.5, 0.6) is 0 Å². The molecule has 2 heterocycles. The summed E-state index contributed by atoms with van der Waals surface area (Å²) in [4.78, 5) is 0. The number of methoxy groups -OCH3 is 1. The molecule has 11 heavy (non-hydrogen) atoms. The lowest BCUT2D eigenvalue weighted by molar-refractivity contribution is 0.0972. The Morgan fingerprint density at radius 2 is 2.36 bits per heavy atom. The quantitative estimate of drug-likeness (QED) is 0.456. The first-order valence-electron chi connectivity index (χ1n) is 4.09. The number of nitrogens with one attached hydrogen (secondary N) is 1. The zero-order chi connectivity index (χ0) is 7.84. The van der Waals surface area contributed by atoms with E-state index in [1.165, 1.54) is 6.42 Å². The van der Waals surface area contributed by atoms with Crippen LogP contribution in [0.25, 0.3) is 0 Å². The van der Waals surface area contributed by atoms with Gasteiger partial charge in [0.1, 0.15) is 0 Å². The van der Waals surface area contributed by atoms with Crippen molar-refractivity contribution in [1.29, 1.82) is 5.41 Å². The van der Waals surface area contributed by atoms with Gasteiger partial charge in [0.05, 0.1) is 25.2 Å². The molecule has 0 spiro atoms. The van der Waals surface area contributed by atoms with Crippen LogP contribution in [0.1, 0.15) is 19.3 Å². The van der Waals surface area contributed by atoms with E-state index in [-0.39, 0.29) is 12.0 Å². The predicted octanol–water partition coefficient (Wildman–Crippen LogP) is 1.18. The van der Waals surface area contributed by atoms with Gasteiger partial charge in [0.15, 0.2) is 5.90 Å². The van der Waals surface area contributed by atoms with Crippen LogP contribution in [-0.4, -0.2) is 25.2 Å². The molecular formula is C8H13NO2. The van der Waals surface area contributed by atoms with Gasteiger partial charge in [0.25, 0.3) is 0 Å². The van der Waals surface area contributed by atoms with Crippen molar-refractivity contribution in [3.05, 3.63) is 0 Å². The third kappa shape index (κ3) is 1.03. The van der Waals surface area contributed by atoms with E-state index >= 15 is 0 Å². The monoisotopic (exact) mass is 155 g/mol. The molecule has 0 amide bonds.